The van der Waals surface area contributed by atoms with Gasteiger partial charge in [0, 0.05) is 5.69 Å². The molecule has 0 atom stereocenters. The Morgan fingerprint density at radius 3 is 2.80 bits per heavy atom. The summed E-state index contributed by atoms with van der Waals surface area (Å²) in [5.41, 5.74) is 3.57. The van der Waals surface area contributed by atoms with E-state index in [1.54, 1.807) is 18.2 Å². The van der Waals surface area contributed by atoms with Crippen molar-refractivity contribution in [2.24, 2.45) is 0 Å². The van der Waals surface area contributed by atoms with Gasteiger partial charge in [-0.1, -0.05) is 36.0 Å². The Bertz CT molecular complexity index is 908. The van der Waals surface area contributed by atoms with E-state index in [0.717, 1.165) is 16.8 Å². The number of anilines is 1. The molecule has 3 N–H and O–H groups in total. The van der Waals surface area contributed by atoms with E-state index in [1.165, 1.54) is 11.8 Å². The van der Waals surface area contributed by atoms with Crippen molar-refractivity contribution in [1.82, 2.24) is 15.2 Å². The number of hydrogen-bond donors (Lipinski definition) is 3. The molecule has 0 unspecified atom stereocenters. The van der Waals surface area contributed by atoms with Gasteiger partial charge in [-0.05, 0) is 43.2 Å². The summed E-state index contributed by atoms with van der Waals surface area (Å²) in [6, 6.07) is 12.7. The summed E-state index contributed by atoms with van der Waals surface area (Å²) in [5.74, 6) is 0.678. The number of aryl methyl sites for hydroxylation is 1. The van der Waals surface area contributed by atoms with Crippen molar-refractivity contribution in [3.63, 3.8) is 0 Å². The predicted molar refractivity (Wildman–Crippen MR) is 98.8 cm³/mol. The predicted octanol–water partition coefficient (Wildman–Crippen LogP) is 3.52. The van der Waals surface area contributed by atoms with Gasteiger partial charge in [0.05, 0.1) is 11.3 Å². The third kappa shape index (κ3) is 4.00. The van der Waals surface area contributed by atoms with E-state index < -0.39 is 0 Å². The van der Waals surface area contributed by atoms with Gasteiger partial charge in [0.1, 0.15) is 5.75 Å². The maximum Gasteiger partial charge on any atom is 0.234 e. The summed E-state index contributed by atoms with van der Waals surface area (Å²) < 4.78 is 0. The number of hydrogen-bond acceptors (Lipinski definition) is 5. The van der Waals surface area contributed by atoms with Gasteiger partial charge in [0.2, 0.25) is 11.1 Å². The Morgan fingerprint density at radius 1 is 1.20 bits per heavy atom. The fourth-order valence-electron chi connectivity index (χ4n) is 2.31. The second-order valence-electron chi connectivity index (χ2n) is 5.57. The van der Waals surface area contributed by atoms with Gasteiger partial charge in [0.25, 0.3) is 0 Å². The number of carbonyl (C=O) groups is 1. The molecule has 0 fully saturated rings. The lowest BCUT2D eigenvalue weighted by molar-refractivity contribution is -0.113. The zero-order chi connectivity index (χ0) is 17.8. The van der Waals surface area contributed by atoms with E-state index in [4.69, 9.17) is 0 Å². The van der Waals surface area contributed by atoms with Crippen LogP contribution in [-0.2, 0) is 4.79 Å². The number of rotatable bonds is 5. The lowest BCUT2D eigenvalue weighted by Gasteiger charge is -2.09. The highest BCUT2D eigenvalue weighted by Gasteiger charge is 2.12. The van der Waals surface area contributed by atoms with Crippen molar-refractivity contribution in [2.45, 2.75) is 19.0 Å². The monoisotopic (exact) mass is 354 g/mol. The average molecular weight is 354 g/mol. The number of nitrogens with one attached hydrogen (secondary N) is 2. The van der Waals surface area contributed by atoms with Gasteiger partial charge in [-0.25, -0.2) is 4.98 Å². The van der Waals surface area contributed by atoms with Crippen molar-refractivity contribution in [2.75, 3.05) is 11.1 Å². The number of nitrogens with zero attached hydrogens (tertiary/aromatic N) is 2. The molecule has 3 rings (SSSR count). The highest BCUT2D eigenvalue weighted by atomic mass is 32.2. The van der Waals surface area contributed by atoms with Crippen LogP contribution >= 0.6 is 11.8 Å². The third-order valence-corrected chi connectivity index (χ3v) is 4.68. The van der Waals surface area contributed by atoms with Gasteiger partial charge < -0.3 is 10.4 Å². The van der Waals surface area contributed by atoms with Gasteiger partial charge in [-0.3, -0.25) is 9.89 Å². The highest BCUT2D eigenvalue weighted by Crippen LogP contribution is 2.27. The number of aromatic amines is 1. The first kappa shape index (κ1) is 17.0. The second kappa shape index (κ2) is 7.40. The van der Waals surface area contributed by atoms with Crippen molar-refractivity contribution in [1.29, 1.82) is 0 Å². The summed E-state index contributed by atoms with van der Waals surface area (Å²) in [6.07, 6.45) is 0. The molecule has 0 bridgehead atoms. The fraction of sp³-hybridized carbons (Fsp3) is 0.167. The number of aromatic nitrogens is 3. The number of aromatic hydroxyl groups is 1. The van der Waals surface area contributed by atoms with Gasteiger partial charge in [-0.2, -0.15) is 0 Å². The number of H-pyrrole nitrogens is 1. The first-order valence-electron chi connectivity index (χ1n) is 7.74. The zero-order valence-electron chi connectivity index (χ0n) is 13.9. The van der Waals surface area contributed by atoms with Crippen LogP contribution in [0.15, 0.2) is 47.6 Å². The SMILES string of the molecule is Cc1cccc(NC(=O)CSc2n[nH]c(-c3ccccc3O)n2)c1C. The minimum atomic E-state index is -0.118. The molecule has 2 aromatic carbocycles. The topological polar surface area (TPSA) is 90.9 Å². The standard InChI is InChI=1S/C18H18N4O2S/c1-11-6-5-8-14(12(11)2)19-16(24)10-25-18-20-17(21-22-18)13-7-3-4-9-15(13)23/h3-9,23H,10H2,1-2H3,(H,19,24)(H,20,21,22). The van der Waals surface area contributed by atoms with E-state index in [-0.39, 0.29) is 17.4 Å². The molecule has 0 aliphatic carbocycles. The van der Waals surface area contributed by atoms with Crippen LogP contribution in [0.1, 0.15) is 11.1 Å². The van der Waals surface area contributed by atoms with Gasteiger partial charge in [0.15, 0.2) is 5.82 Å². The molecule has 0 saturated heterocycles. The summed E-state index contributed by atoms with van der Waals surface area (Å²) in [6.45, 7) is 3.99. The second-order valence-corrected chi connectivity index (χ2v) is 6.51. The Hall–Kier alpha value is -2.80. The molecule has 0 aliphatic rings. The van der Waals surface area contributed by atoms with Crippen molar-refractivity contribution < 1.29 is 9.90 Å². The molecule has 6 nitrogen and oxygen atoms in total. The first-order valence-corrected chi connectivity index (χ1v) is 8.73. The minimum Gasteiger partial charge on any atom is -0.507 e. The first-order chi connectivity index (χ1) is 12.0. The summed E-state index contributed by atoms with van der Waals surface area (Å²) in [5, 5.41) is 20.1. The molecule has 0 spiro atoms. The Morgan fingerprint density at radius 2 is 2.00 bits per heavy atom. The van der Waals surface area contributed by atoms with E-state index in [2.05, 4.69) is 20.5 Å². The molecule has 1 aromatic heterocycles. The maximum absolute atomic E-state index is 12.1. The Kier molecular flexibility index (Phi) is 5.04. The summed E-state index contributed by atoms with van der Waals surface area (Å²) in [7, 11) is 0. The van der Waals surface area contributed by atoms with E-state index >= 15 is 0 Å². The number of phenolic OH excluding ortho intramolecular Hbond substituents is 1. The number of benzene rings is 2. The van der Waals surface area contributed by atoms with E-state index in [1.807, 2.05) is 38.1 Å². The van der Waals surface area contributed by atoms with Crippen molar-refractivity contribution in [3.8, 4) is 17.1 Å². The lowest BCUT2D eigenvalue weighted by atomic mass is 10.1. The smallest absolute Gasteiger partial charge is 0.234 e. The molecule has 128 valence electrons. The molecular formula is C18H18N4O2S. The van der Waals surface area contributed by atoms with Crippen LogP contribution in [0, 0.1) is 13.8 Å². The van der Waals surface area contributed by atoms with Crippen LogP contribution < -0.4 is 5.32 Å². The molecule has 3 aromatic rings. The number of amides is 1. The van der Waals surface area contributed by atoms with Crippen LogP contribution in [0.25, 0.3) is 11.4 Å². The summed E-state index contributed by atoms with van der Waals surface area (Å²) >= 11 is 1.23. The lowest BCUT2D eigenvalue weighted by Crippen LogP contribution is -2.15. The number of thioether (sulfide) groups is 1. The average Bonchev–Trinajstić information content (AvgIpc) is 3.06. The minimum absolute atomic E-state index is 0.118. The zero-order valence-corrected chi connectivity index (χ0v) is 14.7. The Labute approximate surface area is 149 Å². The van der Waals surface area contributed by atoms with E-state index in [0.29, 0.717) is 16.5 Å². The van der Waals surface area contributed by atoms with E-state index in [9.17, 15) is 9.90 Å². The van der Waals surface area contributed by atoms with Crippen LogP contribution in [0.5, 0.6) is 5.75 Å². The molecule has 0 radical (unpaired) electrons. The van der Waals surface area contributed by atoms with Crippen LogP contribution in [-0.4, -0.2) is 31.9 Å². The molecule has 1 amide bonds. The Balaban J connectivity index is 1.62. The van der Waals surface area contributed by atoms with Gasteiger partial charge >= 0.3 is 0 Å². The molecular weight excluding hydrogens is 336 g/mol. The number of para-hydroxylation sites is 1. The number of phenols is 1. The van der Waals surface area contributed by atoms with Crippen molar-refractivity contribution >= 4 is 23.4 Å². The van der Waals surface area contributed by atoms with Crippen molar-refractivity contribution in [3.05, 3.63) is 53.6 Å². The molecule has 7 heteroatoms. The third-order valence-electron chi connectivity index (χ3n) is 3.84. The van der Waals surface area contributed by atoms with Gasteiger partial charge in [-0.15, -0.1) is 5.10 Å². The normalized spacial score (nSPS) is 10.6. The van der Waals surface area contributed by atoms with Crippen LogP contribution in [0.4, 0.5) is 5.69 Å². The quantitative estimate of drug-likeness (QED) is 0.610. The van der Waals surface area contributed by atoms with Crippen LogP contribution in [0.2, 0.25) is 0 Å². The maximum atomic E-state index is 12.1. The molecule has 0 aliphatic heterocycles. The largest absolute Gasteiger partial charge is 0.507 e. The molecule has 0 saturated carbocycles. The molecule has 25 heavy (non-hydrogen) atoms. The number of carbonyl (C=O) groups excluding carboxylic acids is 1. The van der Waals surface area contributed by atoms with Crippen LogP contribution in [0.3, 0.4) is 0 Å². The molecule has 1 heterocycles. The fourth-order valence-corrected chi connectivity index (χ4v) is 2.91. The highest BCUT2D eigenvalue weighted by molar-refractivity contribution is 7.99. The summed E-state index contributed by atoms with van der Waals surface area (Å²) in [4.78, 5) is 16.5.